The fourth-order valence-electron chi connectivity index (χ4n) is 3.26. The lowest BCUT2D eigenvalue weighted by molar-refractivity contribution is 0.912. The van der Waals surface area contributed by atoms with Gasteiger partial charge in [0, 0.05) is 34.9 Å². The number of anilines is 1. The molecule has 6 heteroatoms. The van der Waals surface area contributed by atoms with Crippen LogP contribution in [0, 0.1) is 0 Å². The topological polar surface area (TPSA) is 63.6 Å². The van der Waals surface area contributed by atoms with E-state index < -0.39 is 0 Å². The molecule has 1 N–H and O–H groups in total. The van der Waals surface area contributed by atoms with Crippen LogP contribution in [0.1, 0.15) is 16.6 Å². The average molecular weight is 395 g/mol. The van der Waals surface area contributed by atoms with Gasteiger partial charge < -0.3 is 5.32 Å². The number of fused-ring (bicyclic) bond motifs is 1. The minimum absolute atomic E-state index is 0.0974. The summed E-state index contributed by atoms with van der Waals surface area (Å²) in [5, 5.41) is 7.59. The third kappa shape index (κ3) is 3.58. The van der Waals surface area contributed by atoms with Crippen LogP contribution in [-0.2, 0) is 0 Å². The number of hydrogen-bond donors (Lipinski definition) is 1. The van der Waals surface area contributed by atoms with E-state index in [1.54, 1.807) is 23.7 Å². The van der Waals surface area contributed by atoms with Crippen molar-refractivity contribution in [1.82, 2.24) is 19.9 Å². The van der Waals surface area contributed by atoms with E-state index in [2.05, 4.69) is 27.4 Å². The number of nitrogens with zero attached hydrogens (tertiary/aromatic N) is 4. The molecule has 0 saturated carbocycles. The second kappa shape index (κ2) is 7.77. The first-order valence-corrected chi connectivity index (χ1v) is 10.1. The molecule has 0 saturated heterocycles. The second-order valence-electron chi connectivity index (χ2n) is 6.51. The van der Waals surface area contributed by atoms with E-state index in [4.69, 9.17) is 9.97 Å². The molecule has 0 aliphatic heterocycles. The molecule has 5 aromatic rings. The highest BCUT2D eigenvalue weighted by molar-refractivity contribution is 7.09. The van der Waals surface area contributed by atoms with Crippen LogP contribution in [0.5, 0.6) is 0 Å². The Morgan fingerprint density at radius 2 is 1.59 bits per heavy atom. The fraction of sp³-hybridized carbons (Fsp3) is 0.0435. The van der Waals surface area contributed by atoms with Gasteiger partial charge in [-0.15, -0.1) is 11.3 Å². The molecule has 0 aliphatic carbocycles. The molecule has 0 spiro atoms. The van der Waals surface area contributed by atoms with E-state index in [9.17, 15) is 0 Å². The molecular formula is C23H17N5S. The first-order valence-electron chi connectivity index (χ1n) is 9.26. The van der Waals surface area contributed by atoms with E-state index >= 15 is 0 Å². The van der Waals surface area contributed by atoms with Crippen molar-refractivity contribution in [1.29, 1.82) is 0 Å². The molecule has 1 atom stereocenters. The maximum Gasteiger partial charge on any atom is 0.162 e. The predicted molar refractivity (Wildman–Crippen MR) is 117 cm³/mol. The van der Waals surface area contributed by atoms with Gasteiger partial charge in [0.25, 0.3) is 0 Å². The van der Waals surface area contributed by atoms with Gasteiger partial charge in [0.1, 0.15) is 16.9 Å². The molecule has 0 aliphatic rings. The van der Waals surface area contributed by atoms with Crippen LogP contribution in [0.25, 0.3) is 22.3 Å². The van der Waals surface area contributed by atoms with Crippen LogP contribution >= 0.6 is 11.3 Å². The number of thiazole rings is 1. The second-order valence-corrected chi connectivity index (χ2v) is 7.43. The third-order valence-electron chi connectivity index (χ3n) is 4.65. The highest BCUT2D eigenvalue weighted by Crippen LogP contribution is 2.31. The molecule has 140 valence electrons. The monoisotopic (exact) mass is 395 g/mol. The smallest absolute Gasteiger partial charge is 0.162 e. The highest BCUT2D eigenvalue weighted by Gasteiger charge is 2.19. The largest absolute Gasteiger partial charge is 0.356 e. The molecular weight excluding hydrogens is 378 g/mol. The van der Waals surface area contributed by atoms with Crippen molar-refractivity contribution in [2.75, 3.05) is 5.32 Å². The van der Waals surface area contributed by atoms with Gasteiger partial charge in [-0.2, -0.15) is 0 Å². The lowest BCUT2D eigenvalue weighted by atomic mass is 10.1. The van der Waals surface area contributed by atoms with Gasteiger partial charge in [0.15, 0.2) is 5.82 Å². The lowest BCUT2D eigenvalue weighted by Gasteiger charge is -2.19. The molecule has 5 nitrogen and oxygen atoms in total. The van der Waals surface area contributed by atoms with Crippen molar-refractivity contribution >= 4 is 28.1 Å². The highest BCUT2D eigenvalue weighted by atomic mass is 32.1. The summed E-state index contributed by atoms with van der Waals surface area (Å²) in [5.41, 5.74) is 2.96. The Labute approximate surface area is 172 Å². The standard InChI is InChI=1S/C23H17N5S/c1-2-6-16(7-3-1)20(23-25-14-15-29-23)27-22-18-8-4-5-9-19(18)26-21(28-22)17-10-12-24-13-11-17/h1-15,20H,(H,26,27,28). The Bertz CT molecular complexity index is 1220. The molecule has 0 radical (unpaired) electrons. The van der Waals surface area contributed by atoms with E-state index in [0.29, 0.717) is 5.82 Å². The molecule has 3 aromatic heterocycles. The minimum Gasteiger partial charge on any atom is -0.356 e. The number of pyridine rings is 1. The van der Waals surface area contributed by atoms with Crippen molar-refractivity contribution < 1.29 is 0 Å². The Balaban J connectivity index is 1.65. The normalized spacial score (nSPS) is 12.0. The SMILES string of the molecule is c1ccc(C(Nc2nc(-c3ccncc3)nc3ccccc23)c2nccs2)cc1. The number of para-hydroxylation sites is 1. The van der Waals surface area contributed by atoms with Crippen molar-refractivity contribution in [2.24, 2.45) is 0 Å². The predicted octanol–water partition coefficient (Wildman–Crippen LogP) is 5.35. The van der Waals surface area contributed by atoms with Gasteiger partial charge in [0.05, 0.1) is 5.52 Å². The summed E-state index contributed by atoms with van der Waals surface area (Å²) in [6.07, 6.45) is 5.34. The van der Waals surface area contributed by atoms with Crippen LogP contribution in [-0.4, -0.2) is 19.9 Å². The fourth-order valence-corrected chi connectivity index (χ4v) is 3.98. The van der Waals surface area contributed by atoms with Gasteiger partial charge in [0.2, 0.25) is 0 Å². The summed E-state index contributed by atoms with van der Waals surface area (Å²) in [6, 6.07) is 22.1. The number of nitrogens with one attached hydrogen (secondary N) is 1. The van der Waals surface area contributed by atoms with E-state index in [0.717, 1.165) is 32.9 Å². The molecule has 5 rings (SSSR count). The van der Waals surface area contributed by atoms with E-state index in [-0.39, 0.29) is 6.04 Å². The first kappa shape index (κ1) is 17.5. The van der Waals surface area contributed by atoms with Gasteiger partial charge in [-0.25, -0.2) is 15.0 Å². The summed E-state index contributed by atoms with van der Waals surface area (Å²) in [5.74, 6) is 1.45. The lowest BCUT2D eigenvalue weighted by Crippen LogP contribution is -2.14. The number of hydrogen-bond acceptors (Lipinski definition) is 6. The summed E-state index contributed by atoms with van der Waals surface area (Å²) in [6.45, 7) is 0. The molecule has 29 heavy (non-hydrogen) atoms. The summed E-state index contributed by atoms with van der Waals surface area (Å²) < 4.78 is 0. The number of rotatable bonds is 5. The van der Waals surface area contributed by atoms with Crippen LogP contribution in [0.15, 0.2) is 90.7 Å². The van der Waals surface area contributed by atoms with Gasteiger partial charge in [-0.3, -0.25) is 4.98 Å². The Morgan fingerprint density at radius 3 is 2.38 bits per heavy atom. The molecule has 0 bridgehead atoms. The maximum absolute atomic E-state index is 4.87. The van der Waals surface area contributed by atoms with Crippen LogP contribution in [0.4, 0.5) is 5.82 Å². The zero-order valence-electron chi connectivity index (χ0n) is 15.4. The molecule has 2 aromatic carbocycles. The zero-order valence-corrected chi connectivity index (χ0v) is 16.3. The molecule has 0 fully saturated rings. The molecule has 1 unspecified atom stereocenters. The summed E-state index contributed by atoms with van der Waals surface area (Å²) in [7, 11) is 0. The Hall–Kier alpha value is -3.64. The van der Waals surface area contributed by atoms with E-state index in [1.807, 2.05) is 66.2 Å². The Kier molecular flexibility index (Phi) is 4.68. The van der Waals surface area contributed by atoms with Crippen LogP contribution in [0.3, 0.4) is 0 Å². The van der Waals surface area contributed by atoms with Gasteiger partial charge in [-0.1, -0.05) is 42.5 Å². The van der Waals surface area contributed by atoms with Crippen molar-refractivity contribution in [3.8, 4) is 11.4 Å². The van der Waals surface area contributed by atoms with Gasteiger partial charge in [-0.05, 0) is 29.8 Å². The number of benzene rings is 2. The minimum atomic E-state index is -0.0974. The van der Waals surface area contributed by atoms with Crippen LogP contribution in [0.2, 0.25) is 0 Å². The molecule has 3 heterocycles. The van der Waals surface area contributed by atoms with Crippen LogP contribution < -0.4 is 5.32 Å². The van der Waals surface area contributed by atoms with Crippen molar-refractivity contribution in [3.05, 3.63) is 101 Å². The third-order valence-corrected chi connectivity index (χ3v) is 5.49. The van der Waals surface area contributed by atoms with Crippen molar-refractivity contribution in [2.45, 2.75) is 6.04 Å². The first-order chi connectivity index (χ1) is 14.4. The molecule has 0 amide bonds. The quantitative estimate of drug-likeness (QED) is 0.435. The van der Waals surface area contributed by atoms with Crippen molar-refractivity contribution in [3.63, 3.8) is 0 Å². The summed E-state index contributed by atoms with van der Waals surface area (Å²) >= 11 is 1.63. The number of aromatic nitrogens is 4. The Morgan fingerprint density at radius 1 is 0.793 bits per heavy atom. The maximum atomic E-state index is 4.87. The van der Waals surface area contributed by atoms with E-state index in [1.165, 1.54) is 0 Å². The zero-order chi connectivity index (χ0) is 19.5. The average Bonchev–Trinajstić information content (AvgIpc) is 3.33. The summed E-state index contributed by atoms with van der Waals surface area (Å²) in [4.78, 5) is 18.3. The van der Waals surface area contributed by atoms with Gasteiger partial charge >= 0.3 is 0 Å².